The van der Waals surface area contributed by atoms with Gasteiger partial charge in [0.15, 0.2) is 5.16 Å². The molecule has 0 aromatic carbocycles. The lowest BCUT2D eigenvalue weighted by molar-refractivity contribution is -0.133. The van der Waals surface area contributed by atoms with Gasteiger partial charge in [-0.2, -0.15) is 0 Å². The first-order chi connectivity index (χ1) is 7.38. The molecule has 1 aromatic rings. The van der Waals surface area contributed by atoms with Gasteiger partial charge in [-0.05, 0) is 20.3 Å². The fourth-order valence-corrected chi connectivity index (χ4v) is 2.05. The van der Waals surface area contributed by atoms with Gasteiger partial charge in [-0.1, -0.05) is 18.7 Å². The number of carboxylic acid groups (broad SMARTS) is 1. The smallest absolute Gasteiger partial charge is 0.313 e. The largest absolute Gasteiger partial charge is 0.481 e. The van der Waals surface area contributed by atoms with Crippen LogP contribution in [-0.2, 0) is 10.3 Å². The van der Waals surface area contributed by atoms with E-state index >= 15 is 0 Å². The SMILES string of the molecule is CCC(C)(C)n1c(N)nnc1SCC(=O)O. The van der Waals surface area contributed by atoms with E-state index in [-0.39, 0.29) is 11.3 Å². The molecule has 0 spiro atoms. The molecule has 1 rings (SSSR count). The molecule has 16 heavy (non-hydrogen) atoms. The number of anilines is 1. The van der Waals surface area contributed by atoms with E-state index < -0.39 is 5.97 Å². The average Bonchev–Trinajstić information content (AvgIpc) is 2.57. The fourth-order valence-electron chi connectivity index (χ4n) is 1.23. The standard InChI is InChI=1S/C9H16N4O2S/c1-4-9(2,3)13-7(10)11-12-8(13)16-5-6(14)15/h4-5H2,1-3H3,(H2,10,11)(H,14,15). The van der Waals surface area contributed by atoms with E-state index in [9.17, 15) is 4.79 Å². The summed E-state index contributed by atoms with van der Waals surface area (Å²) in [6.45, 7) is 6.06. The maximum absolute atomic E-state index is 10.5. The molecule has 0 aliphatic carbocycles. The molecular weight excluding hydrogens is 228 g/mol. The highest BCUT2D eigenvalue weighted by Gasteiger charge is 2.25. The Balaban J connectivity index is 2.98. The number of nitrogens with zero attached hydrogens (tertiary/aromatic N) is 3. The summed E-state index contributed by atoms with van der Waals surface area (Å²) in [4.78, 5) is 10.5. The third-order valence-electron chi connectivity index (χ3n) is 2.45. The topological polar surface area (TPSA) is 94.0 Å². The summed E-state index contributed by atoms with van der Waals surface area (Å²) in [6, 6.07) is 0. The molecular formula is C9H16N4O2S. The van der Waals surface area contributed by atoms with Crippen molar-refractivity contribution >= 4 is 23.7 Å². The number of aliphatic carboxylic acids is 1. The van der Waals surface area contributed by atoms with E-state index in [1.807, 2.05) is 20.8 Å². The van der Waals surface area contributed by atoms with Crippen molar-refractivity contribution in [1.29, 1.82) is 0 Å². The van der Waals surface area contributed by atoms with Crippen LogP contribution in [0.1, 0.15) is 27.2 Å². The number of hydrogen-bond acceptors (Lipinski definition) is 5. The first kappa shape index (κ1) is 12.8. The zero-order valence-electron chi connectivity index (χ0n) is 9.60. The van der Waals surface area contributed by atoms with Crippen molar-refractivity contribution in [2.75, 3.05) is 11.5 Å². The zero-order chi connectivity index (χ0) is 12.3. The van der Waals surface area contributed by atoms with Crippen molar-refractivity contribution < 1.29 is 9.90 Å². The molecule has 0 bridgehead atoms. The van der Waals surface area contributed by atoms with Crippen molar-refractivity contribution in [3.8, 4) is 0 Å². The number of thioether (sulfide) groups is 1. The van der Waals surface area contributed by atoms with Gasteiger partial charge in [0.05, 0.1) is 5.75 Å². The van der Waals surface area contributed by atoms with Crippen LogP contribution in [0.3, 0.4) is 0 Å². The molecule has 0 radical (unpaired) electrons. The Labute approximate surface area is 98.2 Å². The lowest BCUT2D eigenvalue weighted by Gasteiger charge is -2.26. The van der Waals surface area contributed by atoms with Gasteiger partial charge >= 0.3 is 5.97 Å². The van der Waals surface area contributed by atoms with Gasteiger partial charge < -0.3 is 10.8 Å². The summed E-state index contributed by atoms with van der Waals surface area (Å²) in [5.74, 6) is -0.607. The third kappa shape index (κ3) is 2.66. The van der Waals surface area contributed by atoms with Crippen LogP contribution in [0.15, 0.2) is 5.16 Å². The number of carbonyl (C=O) groups is 1. The van der Waals surface area contributed by atoms with E-state index in [4.69, 9.17) is 10.8 Å². The highest BCUT2D eigenvalue weighted by Crippen LogP contribution is 2.28. The van der Waals surface area contributed by atoms with E-state index in [0.29, 0.717) is 11.1 Å². The Kier molecular flexibility index (Phi) is 3.79. The van der Waals surface area contributed by atoms with Crippen molar-refractivity contribution in [3.05, 3.63) is 0 Å². The Hall–Kier alpha value is -1.24. The van der Waals surface area contributed by atoms with E-state index in [2.05, 4.69) is 10.2 Å². The molecule has 6 nitrogen and oxygen atoms in total. The predicted molar refractivity (Wildman–Crippen MR) is 62.4 cm³/mol. The van der Waals surface area contributed by atoms with Crippen molar-refractivity contribution in [1.82, 2.24) is 14.8 Å². The van der Waals surface area contributed by atoms with Gasteiger partial charge in [0.1, 0.15) is 0 Å². The van der Waals surface area contributed by atoms with Gasteiger partial charge in [-0.15, -0.1) is 10.2 Å². The molecule has 0 saturated carbocycles. The maximum Gasteiger partial charge on any atom is 0.313 e. The van der Waals surface area contributed by atoms with Crippen molar-refractivity contribution in [3.63, 3.8) is 0 Å². The van der Waals surface area contributed by atoms with Crippen LogP contribution in [0.4, 0.5) is 5.95 Å². The summed E-state index contributed by atoms with van der Waals surface area (Å²) < 4.78 is 1.78. The number of aromatic nitrogens is 3. The number of rotatable bonds is 5. The molecule has 0 fully saturated rings. The van der Waals surface area contributed by atoms with E-state index in [0.717, 1.165) is 18.2 Å². The highest BCUT2D eigenvalue weighted by atomic mass is 32.2. The monoisotopic (exact) mass is 244 g/mol. The van der Waals surface area contributed by atoms with Crippen molar-refractivity contribution in [2.45, 2.75) is 37.9 Å². The second-order valence-electron chi connectivity index (χ2n) is 4.02. The van der Waals surface area contributed by atoms with Crippen LogP contribution >= 0.6 is 11.8 Å². The molecule has 0 unspecified atom stereocenters. The minimum Gasteiger partial charge on any atom is -0.481 e. The minimum absolute atomic E-state index is 0.0437. The van der Waals surface area contributed by atoms with Gasteiger partial charge in [0, 0.05) is 5.54 Å². The van der Waals surface area contributed by atoms with Crippen LogP contribution in [-0.4, -0.2) is 31.6 Å². The average molecular weight is 244 g/mol. The van der Waals surface area contributed by atoms with Crippen LogP contribution in [0, 0.1) is 0 Å². The molecule has 7 heteroatoms. The highest BCUT2D eigenvalue weighted by molar-refractivity contribution is 7.99. The Morgan fingerprint density at radius 2 is 2.19 bits per heavy atom. The minimum atomic E-state index is -0.882. The molecule has 3 N–H and O–H groups in total. The molecule has 0 atom stereocenters. The Morgan fingerprint density at radius 1 is 1.56 bits per heavy atom. The van der Waals surface area contributed by atoms with Gasteiger partial charge in [-0.25, -0.2) is 0 Å². The number of nitrogen functional groups attached to an aromatic ring is 1. The Morgan fingerprint density at radius 3 is 2.69 bits per heavy atom. The molecule has 0 saturated heterocycles. The summed E-state index contributed by atoms with van der Waals surface area (Å²) >= 11 is 1.13. The molecule has 90 valence electrons. The quantitative estimate of drug-likeness (QED) is 0.755. The van der Waals surface area contributed by atoms with Crippen LogP contribution in [0.5, 0.6) is 0 Å². The molecule has 0 aliphatic heterocycles. The van der Waals surface area contributed by atoms with Crippen LogP contribution < -0.4 is 5.73 Å². The molecule has 0 aliphatic rings. The van der Waals surface area contributed by atoms with Gasteiger partial charge in [0.25, 0.3) is 0 Å². The first-order valence-corrected chi connectivity index (χ1v) is 5.93. The first-order valence-electron chi connectivity index (χ1n) is 4.94. The van der Waals surface area contributed by atoms with Gasteiger partial charge in [-0.3, -0.25) is 9.36 Å². The molecule has 1 aromatic heterocycles. The second kappa shape index (κ2) is 4.73. The number of nitrogens with two attached hydrogens (primary N) is 1. The lowest BCUT2D eigenvalue weighted by atomic mass is 10.0. The fraction of sp³-hybridized carbons (Fsp3) is 0.667. The van der Waals surface area contributed by atoms with Crippen LogP contribution in [0.2, 0.25) is 0 Å². The molecule has 0 amide bonds. The molecule has 1 heterocycles. The van der Waals surface area contributed by atoms with Crippen molar-refractivity contribution in [2.24, 2.45) is 0 Å². The lowest BCUT2D eigenvalue weighted by Crippen LogP contribution is -2.27. The summed E-state index contributed by atoms with van der Waals surface area (Å²) in [7, 11) is 0. The summed E-state index contributed by atoms with van der Waals surface area (Å²) in [6.07, 6.45) is 0.857. The predicted octanol–water partition coefficient (Wildman–Crippen LogP) is 1.18. The summed E-state index contributed by atoms with van der Waals surface area (Å²) in [5.41, 5.74) is 5.52. The third-order valence-corrected chi connectivity index (χ3v) is 3.37. The van der Waals surface area contributed by atoms with E-state index in [1.54, 1.807) is 4.57 Å². The van der Waals surface area contributed by atoms with E-state index in [1.165, 1.54) is 0 Å². The Bertz CT molecular complexity index is 389. The zero-order valence-corrected chi connectivity index (χ0v) is 10.4. The normalized spacial score (nSPS) is 11.7. The van der Waals surface area contributed by atoms with Crippen LogP contribution in [0.25, 0.3) is 0 Å². The second-order valence-corrected chi connectivity index (χ2v) is 4.97. The number of hydrogen-bond donors (Lipinski definition) is 2. The summed E-state index contributed by atoms with van der Waals surface area (Å²) in [5, 5.41) is 16.8. The van der Waals surface area contributed by atoms with Gasteiger partial charge in [0.2, 0.25) is 5.95 Å². The number of carboxylic acids is 1. The maximum atomic E-state index is 10.5.